The first-order chi connectivity index (χ1) is 3.39. The van der Waals surface area contributed by atoms with Crippen molar-refractivity contribution in [1.29, 1.82) is 0 Å². The molecule has 0 nitrogen and oxygen atoms in total. The smallest absolute Gasteiger partial charge is 0 e. The van der Waals surface area contributed by atoms with Crippen LogP contribution in [0.4, 0.5) is 0 Å². The van der Waals surface area contributed by atoms with Crippen molar-refractivity contribution in [2.24, 2.45) is 0 Å². The van der Waals surface area contributed by atoms with Crippen LogP contribution >= 0.6 is 0 Å². The van der Waals surface area contributed by atoms with Crippen LogP contribution in [0.25, 0.3) is 0 Å². The van der Waals surface area contributed by atoms with E-state index in [-0.39, 0.29) is 6.15 Å². The molecular weight excluding hydrogens is 88.1 g/mol. The monoisotopic (exact) mass is 96.1 g/mol. The minimum absolute atomic E-state index is 0. The van der Waals surface area contributed by atoms with Crippen molar-refractivity contribution in [2.45, 2.75) is 6.92 Å². The standard InChI is InChI=1S/C7H8.He/c1-7-5-3-2-4-6-7;/h2-6H,1H3;. The summed E-state index contributed by atoms with van der Waals surface area (Å²) >= 11 is 0. The SMILES string of the molecule is Cc1ccccc1.[He]. The molecule has 1 rings (SSSR count). The van der Waals surface area contributed by atoms with Gasteiger partial charge in [0.05, 0.1) is 0 Å². The molecule has 0 bridgehead atoms. The maximum atomic E-state index is 2.08. The molecule has 1 aromatic rings. The fraction of sp³-hybridized carbons (Fsp3) is 0.143. The predicted molar refractivity (Wildman–Crippen MR) is 31.2 cm³/mol. The van der Waals surface area contributed by atoms with Crippen molar-refractivity contribution in [3.05, 3.63) is 35.9 Å². The Balaban J connectivity index is 0.000000490. The summed E-state index contributed by atoms with van der Waals surface area (Å²) in [7, 11) is 0. The number of aryl methyl sites for hydroxylation is 1. The topological polar surface area (TPSA) is 0 Å². The van der Waals surface area contributed by atoms with Crippen LogP contribution < -0.4 is 0 Å². The van der Waals surface area contributed by atoms with E-state index in [9.17, 15) is 0 Å². The van der Waals surface area contributed by atoms with E-state index in [1.807, 2.05) is 18.2 Å². The summed E-state index contributed by atoms with van der Waals surface area (Å²) in [5.74, 6) is 0. The summed E-state index contributed by atoms with van der Waals surface area (Å²) in [6.45, 7) is 2.08. The fourth-order valence-electron chi connectivity index (χ4n) is 0.534. The normalized spacial score (nSPS) is 7.62. The first-order valence-electron chi connectivity index (χ1n) is 2.41. The van der Waals surface area contributed by atoms with E-state index in [0.717, 1.165) is 0 Å². The largest absolute Gasteiger partial charge is 0.0622 e. The summed E-state index contributed by atoms with van der Waals surface area (Å²) in [5.41, 5.74) is 1.32. The molecule has 8 heavy (non-hydrogen) atoms. The second-order valence-electron chi connectivity index (χ2n) is 1.65. The van der Waals surface area contributed by atoms with E-state index >= 15 is 0 Å². The average Bonchev–Trinajstić information content (AvgIpc) is 1.69. The number of benzene rings is 1. The molecule has 0 aromatic heterocycles. The van der Waals surface area contributed by atoms with E-state index in [1.54, 1.807) is 0 Å². The first-order valence-corrected chi connectivity index (χ1v) is 2.41. The Labute approximate surface area is 49.9 Å². The average molecular weight is 96.1 g/mol. The van der Waals surface area contributed by atoms with Gasteiger partial charge in [-0.2, -0.15) is 0 Å². The van der Waals surface area contributed by atoms with Crippen LogP contribution in [0.2, 0.25) is 0 Å². The molecule has 0 aliphatic carbocycles. The third-order valence-corrected chi connectivity index (χ3v) is 0.940. The Bertz CT molecular complexity index is 134. The van der Waals surface area contributed by atoms with Crippen molar-refractivity contribution in [3.63, 3.8) is 0 Å². The summed E-state index contributed by atoms with van der Waals surface area (Å²) in [5, 5.41) is 0. The van der Waals surface area contributed by atoms with Gasteiger partial charge in [0.25, 0.3) is 0 Å². The number of hydrogen-bond donors (Lipinski definition) is 0. The van der Waals surface area contributed by atoms with E-state index in [1.165, 1.54) is 5.56 Å². The Morgan fingerprint density at radius 2 is 1.50 bits per heavy atom. The van der Waals surface area contributed by atoms with Crippen LogP contribution in [-0.2, 0) is 0 Å². The van der Waals surface area contributed by atoms with Crippen LogP contribution in [0.3, 0.4) is 0 Å². The van der Waals surface area contributed by atoms with Gasteiger partial charge in [-0.15, -0.1) is 0 Å². The maximum absolute atomic E-state index is 2.08. The molecule has 0 heterocycles. The zero-order chi connectivity index (χ0) is 5.11. The van der Waals surface area contributed by atoms with E-state index in [2.05, 4.69) is 19.1 Å². The third kappa shape index (κ3) is 1.72. The van der Waals surface area contributed by atoms with E-state index < -0.39 is 0 Å². The van der Waals surface area contributed by atoms with Crippen molar-refractivity contribution < 1.29 is 6.15 Å². The van der Waals surface area contributed by atoms with Gasteiger partial charge in [-0.25, -0.2) is 0 Å². The molecule has 0 unspecified atom stereocenters. The minimum atomic E-state index is 0. The number of hydrogen-bond acceptors (Lipinski definition) is 0. The summed E-state index contributed by atoms with van der Waals surface area (Å²) < 4.78 is 0. The van der Waals surface area contributed by atoms with Gasteiger partial charge in [0, 0.05) is 6.15 Å². The molecule has 0 atom stereocenters. The Morgan fingerprint density at radius 1 is 1.00 bits per heavy atom. The molecule has 0 saturated heterocycles. The van der Waals surface area contributed by atoms with Gasteiger partial charge in [0.1, 0.15) is 0 Å². The van der Waals surface area contributed by atoms with Crippen LogP contribution in [0.15, 0.2) is 30.3 Å². The van der Waals surface area contributed by atoms with Crippen molar-refractivity contribution in [1.82, 2.24) is 0 Å². The Hall–Kier alpha value is -0.871. The van der Waals surface area contributed by atoms with Gasteiger partial charge >= 0.3 is 0 Å². The van der Waals surface area contributed by atoms with Gasteiger partial charge in [-0.3, -0.25) is 0 Å². The van der Waals surface area contributed by atoms with Crippen LogP contribution in [0.5, 0.6) is 0 Å². The second-order valence-corrected chi connectivity index (χ2v) is 1.65. The van der Waals surface area contributed by atoms with E-state index in [0.29, 0.717) is 0 Å². The molecule has 38 valence electrons. The molecule has 0 spiro atoms. The molecule has 0 saturated carbocycles. The van der Waals surface area contributed by atoms with Gasteiger partial charge < -0.3 is 0 Å². The van der Waals surface area contributed by atoms with Gasteiger partial charge in [-0.1, -0.05) is 35.9 Å². The van der Waals surface area contributed by atoms with Crippen molar-refractivity contribution in [3.8, 4) is 0 Å². The molecular formula is C7H8He. The molecule has 0 amide bonds. The maximum Gasteiger partial charge on any atom is 0 e. The Kier molecular flexibility index (Phi) is 2.83. The molecule has 0 aliphatic rings. The summed E-state index contributed by atoms with van der Waals surface area (Å²) in [6, 6.07) is 10.3. The van der Waals surface area contributed by atoms with Crippen LogP contribution in [0, 0.1) is 13.1 Å². The van der Waals surface area contributed by atoms with Gasteiger partial charge in [0.15, 0.2) is 0 Å². The molecule has 0 N–H and O–H groups in total. The quantitative estimate of drug-likeness (QED) is 0.463. The van der Waals surface area contributed by atoms with Gasteiger partial charge in [0.2, 0.25) is 0 Å². The number of rotatable bonds is 0. The summed E-state index contributed by atoms with van der Waals surface area (Å²) in [6.07, 6.45) is 0. The van der Waals surface area contributed by atoms with Crippen LogP contribution in [-0.4, -0.2) is 0 Å². The zero-order valence-electron chi connectivity index (χ0n) is 5.09. The minimum Gasteiger partial charge on any atom is -0.0622 e. The fourth-order valence-corrected chi connectivity index (χ4v) is 0.534. The van der Waals surface area contributed by atoms with E-state index in [4.69, 9.17) is 0 Å². The zero-order valence-corrected chi connectivity index (χ0v) is 5.09. The molecule has 0 aliphatic heterocycles. The molecule has 1 heteroatoms. The van der Waals surface area contributed by atoms with Crippen LogP contribution in [0.1, 0.15) is 5.56 Å². The third-order valence-electron chi connectivity index (χ3n) is 0.940. The summed E-state index contributed by atoms with van der Waals surface area (Å²) in [4.78, 5) is 0. The molecule has 0 fully saturated rings. The Morgan fingerprint density at radius 3 is 1.75 bits per heavy atom. The van der Waals surface area contributed by atoms with Crippen molar-refractivity contribution >= 4 is 0 Å². The van der Waals surface area contributed by atoms with Gasteiger partial charge in [-0.05, 0) is 6.92 Å². The van der Waals surface area contributed by atoms with Crippen molar-refractivity contribution in [2.75, 3.05) is 0 Å². The second kappa shape index (κ2) is 3.17. The predicted octanol–water partition coefficient (Wildman–Crippen LogP) is 2.00. The molecule has 1 aromatic carbocycles. The molecule has 0 radical (unpaired) electrons. The first kappa shape index (κ1) is 7.13.